The van der Waals surface area contributed by atoms with Crippen LogP contribution < -0.4 is 5.32 Å². The molecule has 1 unspecified atom stereocenters. The van der Waals surface area contributed by atoms with Crippen molar-refractivity contribution in [2.75, 3.05) is 18.6 Å². The Labute approximate surface area is 84.9 Å². The highest BCUT2D eigenvalue weighted by Gasteiger charge is 2.19. The molecule has 1 fully saturated rings. The van der Waals surface area contributed by atoms with Gasteiger partial charge in [-0.05, 0) is 37.7 Å². The predicted octanol–water partition coefficient (Wildman–Crippen LogP) is 2.05. The van der Waals surface area contributed by atoms with Gasteiger partial charge in [0.05, 0.1) is 0 Å². The third kappa shape index (κ3) is 4.03. The Balaban J connectivity index is 2.24. The first-order chi connectivity index (χ1) is 6.34. The van der Waals surface area contributed by atoms with E-state index in [0.29, 0.717) is 11.8 Å². The van der Waals surface area contributed by atoms with Gasteiger partial charge in [0, 0.05) is 12.5 Å². The highest BCUT2D eigenvalue weighted by atomic mass is 32.2. The number of amides is 1. The smallest absolute Gasteiger partial charge is 0.223 e. The van der Waals surface area contributed by atoms with Crippen molar-refractivity contribution < 1.29 is 4.79 Å². The van der Waals surface area contributed by atoms with Crippen LogP contribution in [0.25, 0.3) is 0 Å². The molecule has 13 heavy (non-hydrogen) atoms. The van der Waals surface area contributed by atoms with Gasteiger partial charge < -0.3 is 5.32 Å². The van der Waals surface area contributed by atoms with E-state index >= 15 is 0 Å². The van der Waals surface area contributed by atoms with Gasteiger partial charge in [-0.3, -0.25) is 4.79 Å². The third-order valence-corrected chi connectivity index (χ3v) is 3.25. The van der Waals surface area contributed by atoms with Crippen LogP contribution in [0.4, 0.5) is 0 Å². The fourth-order valence-electron chi connectivity index (χ4n) is 1.75. The SMILES string of the molecule is CSCCCC1CCCCNC1=O. The van der Waals surface area contributed by atoms with E-state index in [1.54, 1.807) is 0 Å². The summed E-state index contributed by atoms with van der Waals surface area (Å²) in [4.78, 5) is 11.5. The summed E-state index contributed by atoms with van der Waals surface area (Å²) in [7, 11) is 0. The number of hydrogen-bond acceptors (Lipinski definition) is 2. The molecule has 2 nitrogen and oxygen atoms in total. The van der Waals surface area contributed by atoms with Gasteiger partial charge in [-0.25, -0.2) is 0 Å². The van der Waals surface area contributed by atoms with Crippen LogP contribution in [0.15, 0.2) is 0 Å². The minimum Gasteiger partial charge on any atom is -0.356 e. The Kier molecular flexibility index (Phi) is 5.28. The molecule has 0 aromatic carbocycles. The summed E-state index contributed by atoms with van der Waals surface area (Å²) < 4.78 is 0. The molecule has 1 amide bonds. The molecular weight excluding hydrogens is 182 g/mol. The lowest BCUT2D eigenvalue weighted by Gasteiger charge is -2.11. The number of rotatable bonds is 4. The summed E-state index contributed by atoms with van der Waals surface area (Å²) in [5.41, 5.74) is 0. The zero-order chi connectivity index (χ0) is 9.52. The lowest BCUT2D eigenvalue weighted by Crippen LogP contribution is -2.28. The molecule has 76 valence electrons. The minimum atomic E-state index is 0.290. The molecule has 1 aliphatic heterocycles. The molecule has 0 bridgehead atoms. The molecule has 0 aromatic heterocycles. The third-order valence-electron chi connectivity index (χ3n) is 2.55. The van der Waals surface area contributed by atoms with Gasteiger partial charge >= 0.3 is 0 Å². The number of hydrogen-bond donors (Lipinski definition) is 1. The van der Waals surface area contributed by atoms with E-state index in [2.05, 4.69) is 11.6 Å². The molecule has 1 atom stereocenters. The van der Waals surface area contributed by atoms with E-state index < -0.39 is 0 Å². The summed E-state index contributed by atoms with van der Waals surface area (Å²) in [6.45, 7) is 0.887. The predicted molar refractivity (Wildman–Crippen MR) is 58.0 cm³/mol. The number of carbonyl (C=O) groups excluding carboxylic acids is 1. The normalized spacial score (nSPS) is 23.8. The van der Waals surface area contributed by atoms with E-state index in [1.807, 2.05) is 11.8 Å². The summed E-state index contributed by atoms with van der Waals surface area (Å²) >= 11 is 1.86. The van der Waals surface area contributed by atoms with Crippen molar-refractivity contribution in [2.24, 2.45) is 5.92 Å². The summed E-state index contributed by atoms with van der Waals surface area (Å²) in [6, 6.07) is 0. The Morgan fingerprint density at radius 3 is 3.15 bits per heavy atom. The fraction of sp³-hybridized carbons (Fsp3) is 0.900. The molecule has 1 rings (SSSR count). The van der Waals surface area contributed by atoms with Gasteiger partial charge in [0.1, 0.15) is 0 Å². The summed E-state index contributed by atoms with van der Waals surface area (Å²) in [6.07, 6.45) is 7.84. The van der Waals surface area contributed by atoms with Crippen LogP contribution in [-0.4, -0.2) is 24.5 Å². The van der Waals surface area contributed by atoms with E-state index in [1.165, 1.54) is 18.6 Å². The van der Waals surface area contributed by atoms with Crippen LogP contribution in [0.3, 0.4) is 0 Å². The van der Waals surface area contributed by atoms with Crippen LogP contribution in [0.1, 0.15) is 32.1 Å². The van der Waals surface area contributed by atoms with Crippen LogP contribution in [-0.2, 0) is 4.79 Å². The van der Waals surface area contributed by atoms with Crippen molar-refractivity contribution in [1.29, 1.82) is 0 Å². The molecule has 0 saturated carbocycles. The van der Waals surface area contributed by atoms with E-state index in [9.17, 15) is 4.79 Å². The van der Waals surface area contributed by atoms with Crippen molar-refractivity contribution in [3.05, 3.63) is 0 Å². The van der Waals surface area contributed by atoms with Crippen molar-refractivity contribution in [3.63, 3.8) is 0 Å². The number of thioether (sulfide) groups is 1. The molecule has 1 N–H and O–H groups in total. The standard InChI is InChI=1S/C10H19NOS/c1-13-8-4-6-9-5-2-3-7-11-10(9)12/h9H,2-8H2,1H3,(H,11,12). The van der Waals surface area contributed by atoms with Gasteiger partial charge in [0.15, 0.2) is 0 Å². The van der Waals surface area contributed by atoms with E-state index in [0.717, 1.165) is 25.8 Å². The van der Waals surface area contributed by atoms with Crippen molar-refractivity contribution in [3.8, 4) is 0 Å². The maximum atomic E-state index is 11.5. The minimum absolute atomic E-state index is 0.290. The number of carbonyl (C=O) groups is 1. The van der Waals surface area contributed by atoms with Gasteiger partial charge in [0.25, 0.3) is 0 Å². The zero-order valence-electron chi connectivity index (χ0n) is 8.34. The molecule has 0 radical (unpaired) electrons. The largest absolute Gasteiger partial charge is 0.356 e. The molecular formula is C10H19NOS. The molecule has 1 aliphatic rings. The topological polar surface area (TPSA) is 29.1 Å². The monoisotopic (exact) mass is 201 g/mol. The molecule has 0 spiro atoms. The quantitative estimate of drug-likeness (QED) is 0.705. The van der Waals surface area contributed by atoms with E-state index in [4.69, 9.17) is 0 Å². The zero-order valence-corrected chi connectivity index (χ0v) is 9.16. The van der Waals surface area contributed by atoms with Gasteiger partial charge in [-0.2, -0.15) is 11.8 Å². The molecule has 0 aromatic rings. The van der Waals surface area contributed by atoms with Gasteiger partial charge in [0.2, 0.25) is 5.91 Å². The number of nitrogens with one attached hydrogen (secondary N) is 1. The summed E-state index contributed by atoms with van der Waals surface area (Å²) in [5, 5.41) is 2.98. The molecule has 0 aliphatic carbocycles. The highest BCUT2D eigenvalue weighted by molar-refractivity contribution is 7.98. The Morgan fingerprint density at radius 2 is 2.38 bits per heavy atom. The lowest BCUT2D eigenvalue weighted by molar-refractivity contribution is -0.124. The van der Waals surface area contributed by atoms with Gasteiger partial charge in [-0.15, -0.1) is 0 Å². The second kappa shape index (κ2) is 6.30. The average molecular weight is 201 g/mol. The van der Waals surface area contributed by atoms with Crippen LogP contribution in [0, 0.1) is 5.92 Å². The van der Waals surface area contributed by atoms with Crippen LogP contribution in [0.2, 0.25) is 0 Å². The molecule has 3 heteroatoms. The molecule has 1 heterocycles. The first-order valence-electron chi connectivity index (χ1n) is 5.11. The first-order valence-corrected chi connectivity index (χ1v) is 6.50. The van der Waals surface area contributed by atoms with Crippen LogP contribution >= 0.6 is 11.8 Å². The Hall–Kier alpha value is -0.180. The highest BCUT2D eigenvalue weighted by Crippen LogP contribution is 2.18. The first kappa shape index (κ1) is 10.9. The van der Waals surface area contributed by atoms with Crippen molar-refractivity contribution in [2.45, 2.75) is 32.1 Å². The second-order valence-electron chi connectivity index (χ2n) is 3.62. The second-order valence-corrected chi connectivity index (χ2v) is 4.60. The van der Waals surface area contributed by atoms with Crippen molar-refractivity contribution in [1.82, 2.24) is 5.32 Å². The maximum absolute atomic E-state index is 11.5. The van der Waals surface area contributed by atoms with Gasteiger partial charge in [-0.1, -0.05) is 6.42 Å². The van der Waals surface area contributed by atoms with Crippen molar-refractivity contribution >= 4 is 17.7 Å². The summed E-state index contributed by atoms with van der Waals surface area (Å²) in [5.74, 6) is 1.78. The average Bonchev–Trinajstić information content (AvgIpc) is 2.32. The Morgan fingerprint density at radius 1 is 1.54 bits per heavy atom. The fourth-order valence-corrected chi connectivity index (χ4v) is 2.21. The lowest BCUT2D eigenvalue weighted by atomic mass is 9.98. The molecule has 1 saturated heterocycles. The maximum Gasteiger partial charge on any atom is 0.223 e. The van der Waals surface area contributed by atoms with Crippen LogP contribution in [0.5, 0.6) is 0 Å². The van der Waals surface area contributed by atoms with E-state index in [-0.39, 0.29) is 0 Å². The Bertz CT molecular complexity index is 161.